The Kier molecular flexibility index (Phi) is 5.73. The lowest BCUT2D eigenvalue weighted by molar-refractivity contribution is -0.116. The van der Waals surface area contributed by atoms with Gasteiger partial charge in [-0.05, 0) is 42.7 Å². The van der Waals surface area contributed by atoms with Crippen molar-refractivity contribution in [3.8, 4) is 11.1 Å². The summed E-state index contributed by atoms with van der Waals surface area (Å²) in [5.74, 6) is -0.189. The highest BCUT2D eigenvalue weighted by Gasteiger charge is 2.19. The van der Waals surface area contributed by atoms with Crippen molar-refractivity contribution in [1.82, 2.24) is 10.3 Å². The van der Waals surface area contributed by atoms with Crippen molar-refractivity contribution in [1.29, 1.82) is 0 Å². The van der Waals surface area contributed by atoms with Crippen LogP contribution in [0.4, 0.5) is 21.0 Å². The van der Waals surface area contributed by atoms with Crippen LogP contribution in [0.3, 0.4) is 0 Å². The Hall–Kier alpha value is -3.62. The number of anilines is 2. The Balaban J connectivity index is 2.07. The zero-order valence-corrected chi connectivity index (χ0v) is 14.9. The minimum absolute atomic E-state index is 0.189. The van der Waals surface area contributed by atoms with Crippen LogP contribution >= 0.6 is 0 Å². The molecule has 3 rings (SSSR count). The molecule has 0 saturated carbocycles. The highest BCUT2D eigenvalue weighted by molar-refractivity contribution is 5.97. The van der Waals surface area contributed by atoms with E-state index in [1.807, 2.05) is 0 Å². The Morgan fingerprint density at radius 1 is 1.11 bits per heavy atom. The van der Waals surface area contributed by atoms with Crippen LogP contribution < -0.4 is 16.0 Å². The molecule has 0 unspecified atom stereocenters. The van der Waals surface area contributed by atoms with E-state index in [2.05, 4.69) is 20.9 Å². The van der Waals surface area contributed by atoms with Crippen molar-refractivity contribution < 1.29 is 24.6 Å². The van der Waals surface area contributed by atoms with E-state index in [0.29, 0.717) is 41.9 Å². The number of nitrogens with one attached hydrogen (secondary N) is 3. The van der Waals surface area contributed by atoms with E-state index in [0.717, 1.165) is 5.56 Å². The van der Waals surface area contributed by atoms with E-state index in [1.165, 1.54) is 0 Å². The van der Waals surface area contributed by atoms with Crippen LogP contribution in [0.25, 0.3) is 11.1 Å². The molecule has 0 fully saturated rings. The summed E-state index contributed by atoms with van der Waals surface area (Å²) in [6, 6.07) is 7.90. The van der Waals surface area contributed by atoms with Crippen LogP contribution in [0.15, 0.2) is 36.5 Å². The number of fused-ring (bicyclic) bond motifs is 4. The maximum absolute atomic E-state index is 12.3. The number of carbonyl (C=O) groups excluding carboxylic acids is 1. The molecule has 28 heavy (non-hydrogen) atoms. The third-order valence-corrected chi connectivity index (χ3v) is 4.44. The van der Waals surface area contributed by atoms with Crippen molar-refractivity contribution in [3.05, 3.63) is 42.2 Å². The molecule has 9 heteroatoms. The molecule has 0 spiro atoms. The number of hydrogen-bond acceptors (Lipinski definition) is 4. The number of pyridine rings is 1. The van der Waals surface area contributed by atoms with Gasteiger partial charge in [0.05, 0.1) is 17.4 Å². The zero-order valence-electron chi connectivity index (χ0n) is 14.9. The monoisotopic (exact) mass is 384 g/mol. The van der Waals surface area contributed by atoms with Gasteiger partial charge in [-0.25, -0.2) is 9.59 Å². The van der Waals surface area contributed by atoms with Gasteiger partial charge in [0.1, 0.15) is 0 Å². The third kappa shape index (κ3) is 4.76. The number of carboxylic acid groups (broad SMARTS) is 2. The van der Waals surface area contributed by atoms with E-state index < -0.39 is 18.2 Å². The lowest BCUT2D eigenvalue weighted by Crippen LogP contribution is -2.27. The van der Waals surface area contributed by atoms with Crippen molar-refractivity contribution in [2.75, 3.05) is 10.6 Å². The first-order valence-corrected chi connectivity index (χ1v) is 8.82. The molecule has 2 aromatic rings. The molecule has 3 amide bonds. The van der Waals surface area contributed by atoms with Crippen molar-refractivity contribution in [3.63, 3.8) is 0 Å². The first-order valence-electron chi connectivity index (χ1n) is 8.82. The molecule has 1 atom stereocenters. The third-order valence-electron chi connectivity index (χ3n) is 4.44. The van der Waals surface area contributed by atoms with Crippen molar-refractivity contribution in [2.45, 2.75) is 31.7 Å². The van der Waals surface area contributed by atoms with Crippen LogP contribution in [0.5, 0.6) is 0 Å². The van der Waals surface area contributed by atoms with E-state index in [1.54, 1.807) is 36.5 Å². The topological polar surface area (TPSA) is 141 Å². The normalized spacial score (nSPS) is 16.6. The van der Waals surface area contributed by atoms with Crippen molar-refractivity contribution in [2.24, 2.45) is 0 Å². The molecule has 2 bridgehead atoms. The molecule has 146 valence electrons. The second-order valence-electron chi connectivity index (χ2n) is 6.46. The summed E-state index contributed by atoms with van der Waals surface area (Å²) >= 11 is 0. The number of rotatable bonds is 2. The lowest BCUT2D eigenvalue weighted by Gasteiger charge is -2.19. The molecule has 0 aliphatic carbocycles. The van der Waals surface area contributed by atoms with E-state index >= 15 is 0 Å². The molecule has 1 aliphatic heterocycles. The quantitative estimate of drug-likeness (QED) is 0.535. The standard InChI is InChI=1S/C19H20N4O5/c24-17-4-2-1-3-14(23-19(27)28)16-9-11(7-8-20-16)13-6-5-12(21-18(25)26)10-15(13)22-17/h5-10,14,21,23H,1-4H2,(H,22,24)(H,25,26)(H,27,28)/t14-/m0/s1. The summed E-state index contributed by atoms with van der Waals surface area (Å²) in [6.45, 7) is 0. The smallest absolute Gasteiger partial charge is 0.409 e. The van der Waals surface area contributed by atoms with Gasteiger partial charge in [0.2, 0.25) is 5.91 Å². The second-order valence-corrected chi connectivity index (χ2v) is 6.46. The van der Waals surface area contributed by atoms with Crippen LogP contribution in [-0.4, -0.2) is 33.3 Å². The Morgan fingerprint density at radius 3 is 2.68 bits per heavy atom. The fraction of sp³-hybridized carbons (Fsp3) is 0.263. The summed E-state index contributed by atoms with van der Waals surface area (Å²) in [5.41, 5.74) is 2.81. The fourth-order valence-corrected chi connectivity index (χ4v) is 3.20. The van der Waals surface area contributed by atoms with Gasteiger partial charge in [0.25, 0.3) is 0 Å². The second kappa shape index (κ2) is 8.38. The molecule has 1 aliphatic rings. The minimum atomic E-state index is -1.20. The van der Waals surface area contributed by atoms with Gasteiger partial charge in [-0.3, -0.25) is 15.1 Å². The molecule has 0 saturated heterocycles. The highest BCUT2D eigenvalue weighted by atomic mass is 16.4. The highest BCUT2D eigenvalue weighted by Crippen LogP contribution is 2.33. The van der Waals surface area contributed by atoms with E-state index in [4.69, 9.17) is 10.2 Å². The molecular formula is C19H20N4O5. The van der Waals surface area contributed by atoms with Gasteiger partial charge in [0.15, 0.2) is 0 Å². The molecule has 5 N–H and O–H groups in total. The molecule has 2 heterocycles. The van der Waals surface area contributed by atoms with Crippen LogP contribution in [-0.2, 0) is 4.79 Å². The first kappa shape index (κ1) is 19.2. The number of aromatic nitrogens is 1. The van der Waals surface area contributed by atoms with Gasteiger partial charge in [0, 0.05) is 23.9 Å². The van der Waals surface area contributed by atoms with Crippen LogP contribution in [0.1, 0.15) is 37.4 Å². The number of carbonyl (C=O) groups is 3. The van der Waals surface area contributed by atoms with Crippen LogP contribution in [0, 0.1) is 0 Å². The Morgan fingerprint density at radius 2 is 1.93 bits per heavy atom. The van der Waals surface area contributed by atoms with E-state index in [-0.39, 0.29) is 12.3 Å². The van der Waals surface area contributed by atoms with Gasteiger partial charge in [-0.1, -0.05) is 12.5 Å². The number of hydrogen-bond donors (Lipinski definition) is 5. The zero-order chi connectivity index (χ0) is 20.1. The average Bonchev–Trinajstić information content (AvgIpc) is 2.63. The Bertz CT molecular complexity index is 915. The van der Waals surface area contributed by atoms with Gasteiger partial charge in [-0.15, -0.1) is 0 Å². The predicted octanol–water partition coefficient (Wildman–Crippen LogP) is 3.66. The van der Waals surface area contributed by atoms with Crippen molar-refractivity contribution >= 4 is 29.5 Å². The molecule has 0 radical (unpaired) electrons. The fourth-order valence-electron chi connectivity index (χ4n) is 3.20. The van der Waals surface area contributed by atoms with Crippen LogP contribution in [0.2, 0.25) is 0 Å². The van der Waals surface area contributed by atoms with Gasteiger partial charge >= 0.3 is 12.2 Å². The molecule has 9 nitrogen and oxygen atoms in total. The molecular weight excluding hydrogens is 364 g/mol. The largest absolute Gasteiger partial charge is 0.465 e. The number of amides is 3. The predicted molar refractivity (Wildman–Crippen MR) is 102 cm³/mol. The Labute approximate surface area is 160 Å². The number of benzene rings is 1. The molecule has 1 aromatic heterocycles. The summed E-state index contributed by atoms with van der Waals surface area (Å²) in [6.07, 6.45) is 1.30. The molecule has 1 aromatic carbocycles. The summed E-state index contributed by atoms with van der Waals surface area (Å²) in [5, 5.41) is 25.7. The summed E-state index contributed by atoms with van der Waals surface area (Å²) in [4.78, 5) is 38.7. The lowest BCUT2D eigenvalue weighted by atomic mass is 9.98. The van der Waals surface area contributed by atoms with Gasteiger partial charge < -0.3 is 20.8 Å². The maximum atomic E-state index is 12.3. The summed E-state index contributed by atoms with van der Waals surface area (Å²) in [7, 11) is 0. The minimum Gasteiger partial charge on any atom is -0.465 e. The average molecular weight is 384 g/mol. The SMILES string of the molecule is O=C(O)Nc1ccc2c(c1)NC(=O)CCCC[C@H](NC(=O)O)c1cc-2ccn1. The summed E-state index contributed by atoms with van der Waals surface area (Å²) < 4.78 is 0. The first-order chi connectivity index (χ1) is 13.4. The van der Waals surface area contributed by atoms with E-state index in [9.17, 15) is 14.4 Å². The van der Waals surface area contributed by atoms with Gasteiger partial charge in [-0.2, -0.15) is 0 Å². The number of nitrogens with zero attached hydrogens (tertiary/aromatic N) is 1. The maximum Gasteiger partial charge on any atom is 0.409 e.